The number of thiocarbonyl (C=S) groups is 1. The Morgan fingerprint density at radius 3 is 3.00 bits per heavy atom. The van der Waals surface area contributed by atoms with Crippen LogP contribution in [0.25, 0.3) is 0 Å². The van der Waals surface area contributed by atoms with Gasteiger partial charge >= 0.3 is 0 Å². The summed E-state index contributed by atoms with van der Waals surface area (Å²) in [5.74, 6) is 0.889. The first-order valence-corrected chi connectivity index (χ1v) is 7.19. The van der Waals surface area contributed by atoms with E-state index in [-0.39, 0.29) is 0 Å². The molecule has 1 aromatic rings. The van der Waals surface area contributed by atoms with Crippen LogP contribution in [0.4, 0.5) is 5.69 Å². The second-order valence-corrected chi connectivity index (χ2v) is 5.80. The molecule has 2 fully saturated rings. The van der Waals surface area contributed by atoms with Gasteiger partial charge in [-0.25, -0.2) is 0 Å². The molecule has 0 spiro atoms. The van der Waals surface area contributed by atoms with Crippen LogP contribution in [-0.4, -0.2) is 22.6 Å². The summed E-state index contributed by atoms with van der Waals surface area (Å²) in [6, 6.07) is 4.85. The maximum atomic E-state index is 5.67. The van der Waals surface area contributed by atoms with E-state index in [0.717, 1.165) is 24.2 Å². The summed E-state index contributed by atoms with van der Waals surface area (Å²) < 4.78 is 0. The predicted molar refractivity (Wildman–Crippen MR) is 77.8 cm³/mol. The average Bonchev–Trinajstić information content (AvgIpc) is 2.87. The number of hydrogen-bond acceptors (Lipinski definition) is 3. The molecule has 3 rings (SSSR count). The molecule has 0 aromatic carbocycles. The number of fused-ring (bicyclic) bond motifs is 1. The summed E-state index contributed by atoms with van der Waals surface area (Å²) in [6.07, 6.45) is 8.62. The maximum Gasteiger partial charge on any atom is 0.122 e. The molecule has 1 saturated carbocycles. The van der Waals surface area contributed by atoms with Crippen molar-refractivity contribution in [2.45, 2.75) is 38.1 Å². The van der Waals surface area contributed by atoms with Crippen molar-refractivity contribution < 1.29 is 0 Å². The monoisotopic (exact) mass is 261 g/mol. The molecule has 1 saturated heterocycles. The van der Waals surface area contributed by atoms with Crippen molar-refractivity contribution in [1.29, 1.82) is 0 Å². The molecular weight excluding hydrogens is 242 g/mol. The number of nitrogens with zero attached hydrogens (tertiary/aromatic N) is 2. The van der Waals surface area contributed by atoms with E-state index in [0.29, 0.717) is 4.99 Å². The van der Waals surface area contributed by atoms with Gasteiger partial charge in [-0.15, -0.1) is 0 Å². The number of anilines is 1. The zero-order valence-electron chi connectivity index (χ0n) is 10.5. The van der Waals surface area contributed by atoms with Gasteiger partial charge in [0.15, 0.2) is 0 Å². The number of rotatable bonds is 2. The largest absolute Gasteiger partial charge is 0.388 e. The van der Waals surface area contributed by atoms with Crippen molar-refractivity contribution in [3.8, 4) is 0 Å². The molecule has 0 radical (unpaired) electrons. The summed E-state index contributed by atoms with van der Waals surface area (Å²) in [5, 5.41) is 0. The number of nitrogens with two attached hydrogens (primary N) is 1. The van der Waals surface area contributed by atoms with Gasteiger partial charge in [-0.2, -0.15) is 0 Å². The lowest BCUT2D eigenvalue weighted by Gasteiger charge is -2.39. The first-order chi connectivity index (χ1) is 8.75. The van der Waals surface area contributed by atoms with Crippen molar-refractivity contribution in [3.63, 3.8) is 0 Å². The molecule has 0 amide bonds. The van der Waals surface area contributed by atoms with Gasteiger partial charge in [0, 0.05) is 24.5 Å². The summed E-state index contributed by atoms with van der Waals surface area (Å²) in [5.41, 5.74) is 7.65. The van der Waals surface area contributed by atoms with Crippen molar-refractivity contribution in [2.24, 2.45) is 11.7 Å². The molecule has 2 unspecified atom stereocenters. The molecule has 2 heterocycles. The molecule has 2 aliphatic rings. The molecule has 18 heavy (non-hydrogen) atoms. The molecule has 1 aliphatic heterocycles. The smallest absolute Gasteiger partial charge is 0.122 e. The van der Waals surface area contributed by atoms with Crippen molar-refractivity contribution in [2.75, 3.05) is 11.4 Å². The molecule has 3 nitrogen and oxygen atoms in total. The van der Waals surface area contributed by atoms with Crippen molar-refractivity contribution >= 4 is 22.9 Å². The van der Waals surface area contributed by atoms with Crippen LogP contribution in [0.1, 0.15) is 37.8 Å². The summed E-state index contributed by atoms with van der Waals surface area (Å²) in [6.45, 7) is 1.15. The van der Waals surface area contributed by atoms with E-state index >= 15 is 0 Å². The number of aromatic nitrogens is 1. The number of piperidine rings is 1. The number of hydrogen-bond donors (Lipinski definition) is 1. The molecular formula is C14H19N3S. The third kappa shape index (κ3) is 2.09. The van der Waals surface area contributed by atoms with E-state index in [9.17, 15) is 0 Å². The second-order valence-electron chi connectivity index (χ2n) is 5.36. The van der Waals surface area contributed by atoms with Gasteiger partial charge < -0.3 is 10.6 Å². The minimum Gasteiger partial charge on any atom is -0.388 e. The summed E-state index contributed by atoms with van der Waals surface area (Å²) in [4.78, 5) is 7.16. The van der Waals surface area contributed by atoms with Crippen LogP contribution in [0, 0.1) is 5.92 Å². The van der Waals surface area contributed by atoms with Crippen LogP contribution in [-0.2, 0) is 0 Å². The molecule has 96 valence electrons. The summed E-state index contributed by atoms with van der Waals surface area (Å²) >= 11 is 5.01. The molecule has 0 bridgehead atoms. The first-order valence-electron chi connectivity index (χ1n) is 6.78. The van der Waals surface area contributed by atoms with E-state index in [4.69, 9.17) is 18.0 Å². The highest BCUT2D eigenvalue weighted by Crippen LogP contribution is 2.39. The molecule has 1 aliphatic carbocycles. The van der Waals surface area contributed by atoms with E-state index in [1.165, 1.54) is 37.8 Å². The highest BCUT2D eigenvalue weighted by Gasteiger charge is 2.35. The Balaban J connectivity index is 1.89. The Morgan fingerprint density at radius 1 is 1.33 bits per heavy atom. The minimum atomic E-state index is 0.386. The maximum absolute atomic E-state index is 5.67. The normalized spacial score (nSPS) is 27.0. The predicted octanol–water partition coefficient (Wildman–Crippen LogP) is 2.48. The van der Waals surface area contributed by atoms with E-state index in [1.54, 1.807) is 0 Å². The van der Waals surface area contributed by atoms with Crippen molar-refractivity contribution in [1.82, 2.24) is 4.98 Å². The molecule has 4 heteroatoms. The average molecular weight is 261 g/mol. The van der Waals surface area contributed by atoms with Crippen LogP contribution >= 0.6 is 12.2 Å². The lowest BCUT2D eigenvalue weighted by atomic mass is 9.91. The Kier molecular flexibility index (Phi) is 3.20. The fourth-order valence-electron chi connectivity index (χ4n) is 3.51. The second kappa shape index (κ2) is 4.84. The summed E-state index contributed by atoms with van der Waals surface area (Å²) in [7, 11) is 0. The fourth-order valence-corrected chi connectivity index (χ4v) is 3.62. The third-order valence-corrected chi connectivity index (χ3v) is 4.53. The molecule has 2 atom stereocenters. The van der Waals surface area contributed by atoms with Crippen molar-refractivity contribution in [3.05, 3.63) is 24.0 Å². The van der Waals surface area contributed by atoms with Gasteiger partial charge in [0.05, 0.1) is 5.69 Å². The zero-order valence-corrected chi connectivity index (χ0v) is 11.3. The molecule has 2 N–H and O–H groups in total. The van der Waals surface area contributed by atoms with Crippen LogP contribution < -0.4 is 10.6 Å². The van der Waals surface area contributed by atoms with Crippen LogP contribution in [0.3, 0.4) is 0 Å². The van der Waals surface area contributed by atoms with Crippen LogP contribution in [0.15, 0.2) is 18.3 Å². The zero-order chi connectivity index (χ0) is 12.5. The Morgan fingerprint density at radius 2 is 2.17 bits per heavy atom. The highest BCUT2D eigenvalue weighted by atomic mass is 32.1. The minimum absolute atomic E-state index is 0.386. The Bertz CT molecular complexity index is 460. The van der Waals surface area contributed by atoms with Crippen LogP contribution in [0.5, 0.6) is 0 Å². The third-order valence-electron chi connectivity index (χ3n) is 4.32. The van der Waals surface area contributed by atoms with Gasteiger partial charge in [-0.05, 0) is 43.7 Å². The lowest BCUT2D eigenvalue weighted by molar-refractivity contribution is 0.362. The molecule has 1 aromatic heterocycles. The van der Waals surface area contributed by atoms with Gasteiger partial charge in [-0.1, -0.05) is 18.6 Å². The lowest BCUT2D eigenvalue weighted by Crippen LogP contribution is -2.42. The van der Waals surface area contributed by atoms with Gasteiger partial charge in [0.25, 0.3) is 0 Å². The Hall–Kier alpha value is -1.16. The first kappa shape index (κ1) is 11.9. The van der Waals surface area contributed by atoms with Gasteiger partial charge in [0.2, 0.25) is 0 Å². The van der Waals surface area contributed by atoms with Crippen LogP contribution in [0.2, 0.25) is 0 Å². The topological polar surface area (TPSA) is 42.1 Å². The quantitative estimate of drug-likeness (QED) is 0.831. The standard InChI is InChI=1S/C14H19N3S/c15-14(18)12-9-11(6-7-16-12)17-8-2-4-10-3-1-5-13(10)17/h6-7,9-10,13H,1-5,8H2,(H2,15,18). The fraction of sp³-hybridized carbons (Fsp3) is 0.571. The highest BCUT2D eigenvalue weighted by molar-refractivity contribution is 7.80. The van der Waals surface area contributed by atoms with E-state index in [2.05, 4.69) is 16.0 Å². The SMILES string of the molecule is NC(=S)c1cc(N2CCCC3CCCC32)ccn1. The number of pyridine rings is 1. The van der Waals surface area contributed by atoms with E-state index in [1.807, 2.05) is 12.3 Å². The van der Waals surface area contributed by atoms with E-state index < -0.39 is 0 Å². The Labute approximate surface area is 113 Å². The van der Waals surface area contributed by atoms with Gasteiger partial charge in [0.1, 0.15) is 4.99 Å². The van der Waals surface area contributed by atoms with Gasteiger partial charge in [-0.3, -0.25) is 4.98 Å².